The van der Waals surface area contributed by atoms with Crippen molar-refractivity contribution in [3.05, 3.63) is 23.8 Å². The first kappa shape index (κ1) is 25.3. The molecule has 3 heterocycles. The molecular formula is C28H41N3O5. The van der Waals surface area contributed by atoms with E-state index < -0.39 is 17.2 Å². The molecule has 8 heteroatoms. The van der Waals surface area contributed by atoms with E-state index in [-0.39, 0.29) is 11.8 Å². The number of fused-ring (bicyclic) bond motifs is 1. The Morgan fingerprint density at radius 1 is 1.03 bits per heavy atom. The summed E-state index contributed by atoms with van der Waals surface area (Å²) in [5, 5.41) is 14.2. The maximum absolute atomic E-state index is 13.7. The van der Waals surface area contributed by atoms with Crippen molar-refractivity contribution in [1.29, 1.82) is 0 Å². The molecule has 1 atom stereocenters. The maximum Gasteiger partial charge on any atom is 0.246 e. The van der Waals surface area contributed by atoms with E-state index in [1.54, 1.807) is 0 Å². The number of piperazine rings is 1. The minimum Gasteiger partial charge on any atom is -0.486 e. The molecule has 1 aromatic carbocycles. The number of nitrogens with zero attached hydrogens (tertiary/aromatic N) is 2. The first-order valence-electron chi connectivity index (χ1n) is 13.9. The Bertz CT molecular complexity index is 953. The van der Waals surface area contributed by atoms with Crippen LogP contribution in [0, 0.1) is 0 Å². The molecule has 5 rings (SSSR count). The lowest BCUT2D eigenvalue weighted by atomic mass is 9.77. The quantitative estimate of drug-likeness (QED) is 0.599. The van der Waals surface area contributed by atoms with Crippen LogP contribution >= 0.6 is 0 Å². The number of benzene rings is 1. The molecule has 2 N–H and O–H groups in total. The van der Waals surface area contributed by atoms with Crippen molar-refractivity contribution in [3.8, 4) is 11.5 Å². The van der Waals surface area contributed by atoms with Crippen LogP contribution in [-0.2, 0) is 16.1 Å². The Morgan fingerprint density at radius 3 is 2.47 bits per heavy atom. The van der Waals surface area contributed by atoms with Gasteiger partial charge in [0.15, 0.2) is 11.5 Å². The summed E-state index contributed by atoms with van der Waals surface area (Å²) >= 11 is 0. The molecule has 1 spiro atoms. The zero-order chi connectivity index (χ0) is 25.2. The first-order chi connectivity index (χ1) is 17.4. The SMILES string of the molecule is CCCCN1C(=O)[C@@H](CC2(O)CCCCC2)NC(=O)C12CCN(Cc1ccc3c(c1)OCCO3)CC2. The van der Waals surface area contributed by atoms with Gasteiger partial charge in [-0.05, 0) is 49.8 Å². The van der Waals surface area contributed by atoms with Gasteiger partial charge in [0.25, 0.3) is 0 Å². The Hall–Kier alpha value is -2.32. The molecule has 36 heavy (non-hydrogen) atoms. The van der Waals surface area contributed by atoms with Gasteiger partial charge in [-0.2, -0.15) is 0 Å². The van der Waals surface area contributed by atoms with E-state index in [1.807, 2.05) is 17.0 Å². The molecule has 0 unspecified atom stereocenters. The number of hydrogen-bond donors (Lipinski definition) is 2. The zero-order valence-electron chi connectivity index (χ0n) is 21.6. The van der Waals surface area contributed by atoms with Crippen LogP contribution in [0.4, 0.5) is 0 Å². The highest BCUT2D eigenvalue weighted by molar-refractivity contribution is 6.00. The van der Waals surface area contributed by atoms with Gasteiger partial charge in [-0.1, -0.05) is 38.7 Å². The summed E-state index contributed by atoms with van der Waals surface area (Å²) in [5.41, 5.74) is -0.482. The summed E-state index contributed by atoms with van der Waals surface area (Å²) < 4.78 is 11.4. The molecule has 198 valence electrons. The molecule has 1 saturated carbocycles. The van der Waals surface area contributed by atoms with Gasteiger partial charge in [0.05, 0.1) is 5.60 Å². The lowest BCUT2D eigenvalue weighted by molar-refractivity contribution is -0.163. The van der Waals surface area contributed by atoms with E-state index >= 15 is 0 Å². The number of carbonyl (C=O) groups is 2. The molecule has 3 aliphatic heterocycles. The minimum atomic E-state index is -0.847. The number of piperidine rings is 1. The molecule has 0 aromatic heterocycles. The number of rotatable bonds is 7. The normalized spacial score (nSPS) is 25.6. The summed E-state index contributed by atoms with van der Waals surface area (Å²) in [6.45, 7) is 6.11. The smallest absolute Gasteiger partial charge is 0.246 e. The number of aliphatic hydroxyl groups is 1. The Morgan fingerprint density at radius 2 is 1.75 bits per heavy atom. The van der Waals surface area contributed by atoms with Gasteiger partial charge in [-0.15, -0.1) is 0 Å². The Labute approximate surface area is 214 Å². The van der Waals surface area contributed by atoms with Crippen molar-refractivity contribution in [2.75, 3.05) is 32.8 Å². The third-order valence-electron chi connectivity index (χ3n) is 8.61. The number of unbranched alkanes of at least 4 members (excludes halogenated alkanes) is 1. The van der Waals surface area contributed by atoms with Crippen LogP contribution in [0.2, 0.25) is 0 Å². The van der Waals surface area contributed by atoms with Crippen molar-refractivity contribution in [3.63, 3.8) is 0 Å². The Balaban J connectivity index is 1.26. The van der Waals surface area contributed by atoms with Crippen molar-refractivity contribution in [1.82, 2.24) is 15.1 Å². The fraction of sp³-hybridized carbons (Fsp3) is 0.714. The highest BCUT2D eigenvalue weighted by Crippen LogP contribution is 2.38. The maximum atomic E-state index is 13.7. The summed E-state index contributed by atoms with van der Waals surface area (Å²) in [6, 6.07) is 5.46. The van der Waals surface area contributed by atoms with Crippen LogP contribution in [0.1, 0.15) is 76.7 Å². The number of ether oxygens (including phenoxy) is 2. The monoisotopic (exact) mass is 499 g/mol. The molecule has 4 aliphatic rings. The predicted octanol–water partition coefficient (Wildman–Crippen LogP) is 3.00. The van der Waals surface area contributed by atoms with Crippen LogP contribution in [0.3, 0.4) is 0 Å². The van der Waals surface area contributed by atoms with Crippen molar-refractivity contribution in [2.24, 2.45) is 0 Å². The fourth-order valence-corrected chi connectivity index (χ4v) is 6.47. The highest BCUT2D eigenvalue weighted by Gasteiger charge is 2.54. The van der Waals surface area contributed by atoms with Gasteiger partial charge in [0.1, 0.15) is 24.8 Å². The molecule has 2 amide bonds. The van der Waals surface area contributed by atoms with Crippen LogP contribution < -0.4 is 14.8 Å². The number of nitrogens with one attached hydrogen (secondary N) is 1. The van der Waals surface area contributed by atoms with E-state index in [2.05, 4.69) is 23.2 Å². The summed E-state index contributed by atoms with van der Waals surface area (Å²) in [5.74, 6) is 1.53. The number of likely N-dealkylation sites (tertiary alicyclic amines) is 1. The topological polar surface area (TPSA) is 91.3 Å². The van der Waals surface area contributed by atoms with Gasteiger partial charge in [0, 0.05) is 32.6 Å². The largest absolute Gasteiger partial charge is 0.486 e. The second-order valence-corrected chi connectivity index (χ2v) is 11.1. The van der Waals surface area contributed by atoms with E-state index in [0.29, 0.717) is 51.9 Å². The standard InChI is InChI=1S/C28H41N3O5/c1-2-3-13-31-25(32)22(19-27(34)9-5-4-6-10-27)29-26(33)28(31)11-14-30(15-12-28)20-21-7-8-23-24(18-21)36-17-16-35-23/h7-8,18,22,34H,2-6,9-17,19-20H2,1H3,(H,29,33)/t22-/m1/s1. The molecule has 0 bridgehead atoms. The Kier molecular flexibility index (Phi) is 7.45. The predicted molar refractivity (Wildman–Crippen MR) is 136 cm³/mol. The van der Waals surface area contributed by atoms with E-state index in [1.165, 1.54) is 0 Å². The second-order valence-electron chi connectivity index (χ2n) is 11.1. The molecule has 3 fully saturated rings. The van der Waals surface area contributed by atoms with Gasteiger partial charge in [-0.25, -0.2) is 0 Å². The molecule has 1 aliphatic carbocycles. The average molecular weight is 500 g/mol. The number of carbonyl (C=O) groups excluding carboxylic acids is 2. The summed E-state index contributed by atoms with van der Waals surface area (Å²) in [7, 11) is 0. The highest BCUT2D eigenvalue weighted by atomic mass is 16.6. The van der Waals surface area contributed by atoms with Gasteiger partial charge >= 0.3 is 0 Å². The lowest BCUT2D eigenvalue weighted by Gasteiger charge is -2.52. The van der Waals surface area contributed by atoms with E-state index in [9.17, 15) is 14.7 Å². The van der Waals surface area contributed by atoms with Crippen molar-refractivity contribution >= 4 is 11.8 Å². The molecule has 0 radical (unpaired) electrons. The van der Waals surface area contributed by atoms with Gasteiger partial charge in [-0.3, -0.25) is 14.5 Å². The van der Waals surface area contributed by atoms with Gasteiger partial charge < -0.3 is 24.8 Å². The van der Waals surface area contributed by atoms with Crippen LogP contribution in [0.15, 0.2) is 18.2 Å². The van der Waals surface area contributed by atoms with Crippen LogP contribution in [0.25, 0.3) is 0 Å². The second kappa shape index (κ2) is 10.6. The fourth-order valence-electron chi connectivity index (χ4n) is 6.47. The summed E-state index contributed by atoms with van der Waals surface area (Å²) in [6.07, 6.45) is 7.91. The van der Waals surface area contributed by atoms with Crippen molar-refractivity contribution in [2.45, 2.75) is 94.9 Å². The number of hydrogen-bond acceptors (Lipinski definition) is 6. The lowest BCUT2D eigenvalue weighted by Crippen LogP contribution is -2.73. The third-order valence-corrected chi connectivity index (χ3v) is 8.61. The molecule has 1 aromatic rings. The van der Waals surface area contributed by atoms with Gasteiger partial charge in [0.2, 0.25) is 11.8 Å². The molecular weight excluding hydrogens is 458 g/mol. The zero-order valence-corrected chi connectivity index (χ0v) is 21.6. The minimum absolute atomic E-state index is 0.0117. The average Bonchev–Trinajstić information content (AvgIpc) is 2.89. The number of amides is 2. The van der Waals surface area contributed by atoms with E-state index in [0.717, 1.165) is 68.8 Å². The first-order valence-corrected chi connectivity index (χ1v) is 13.9. The molecule has 2 saturated heterocycles. The van der Waals surface area contributed by atoms with Crippen LogP contribution in [0.5, 0.6) is 11.5 Å². The van der Waals surface area contributed by atoms with Crippen LogP contribution in [-0.4, -0.2) is 76.8 Å². The van der Waals surface area contributed by atoms with Crippen molar-refractivity contribution < 1.29 is 24.2 Å². The van der Waals surface area contributed by atoms with E-state index in [4.69, 9.17) is 9.47 Å². The molecule has 8 nitrogen and oxygen atoms in total. The third kappa shape index (κ3) is 5.07. The summed E-state index contributed by atoms with van der Waals surface area (Å²) in [4.78, 5) is 31.6.